The lowest BCUT2D eigenvalue weighted by atomic mass is 9.44. The molecule has 0 amide bonds. The number of aliphatic hydroxyl groups excluding tert-OH is 1. The predicted octanol–water partition coefficient (Wildman–Crippen LogP) is 1.42. The van der Waals surface area contributed by atoms with E-state index < -0.39 is 6.10 Å². The van der Waals surface area contributed by atoms with Crippen molar-refractivity contribution in [3.8, 4) is 0 Å². The van der Waals surface area contributed by atoms with Gasteiger partial charge >= 0.3 is 5.97 Å². The summed E-state index contributed by atoms with van der Waals surface area (Å²) in [6, 6.07) is 0.108. The predicted molar refractivity (Wildman–Crippen MR) is 150 cm³/mol. The maximum absolute atomic E-state index is 14.0. The van der Waals surface area contributed by atoms with Crippen LogP contribution in [0.25, 0.3) is 0 Å². The second-order valence-electron chi connectivity index (χ2n) is 15.0. The summed E-state index contributed by atoms with van der Waals surface area (Å²) >= 11 is 0. The Morgan fingerprint density at radius 3 is 2.40 bits per heavy atom. The summed E-state index contributed by atoms with van der Waals surface area (Å²) in [5, 5.41) is 25.2. The van der Waals surface area contributed by atoms with E-state index in [-0.39, 0.29) is 50.6 Å². The van der Waals surface area contributed by atoms with E-state index in [1.807, 2.05) is 0 Å². The summed E-state index contributed by atoms with van der Waals surface area (Å²) in [5.74, 6) is 2.05. The van der Waals surface area contributed by atoms with Gasteiger partial charge in [0.15, 0.2) is 6.10 Å². The molecule has 0 aromatic rings. The summed E-state index contributed by atoms with van der Waals surface area (Å²) in [6.07, 6.45) is 11.4. The van der Waals surface area contributed by atoms with Gasteiger partial charge in [-0.3, -0.25) is 4.79 Å². The topological polar surface area (TPSA) is 78.8 Å². The molecule has 0 unspecified atom stereocenters. The molecular weight excluding hydrogens is 572 g/mol. The number of carbonyl (C=O) groups excluding carboxylic acids is 1. The van der Waals surface area contributed by atoms with E-state index >= 15 is 0 Å². The Morgan fingerprint density at radius 1 is 1.05 bits per heavy atom. The highest BCUT2D eigenvalue weighted by atomic mass is 79.9. The van der Waals surface area contributed by atoms with Crippen molar-refractivity contribution in [1.82, 2.24) is 0 Å². The highest BCUT2D eigenvalue weighted by molar-refractivity contribution is 5.66. The Morgan fingerprint density at radius 2 is 1.75 bits per heavy atom. The van der Waals surface area contributed by atoms with Crippen LogP contribution in [0.3, 0.4) is 0 Å². The zero-order valence-corrected chi connectivity index (χ0v) is 26.7. The van der Waals surface area contributed by atoms with Gasteiger partial charge in [-0.05, 0) is 67.3 Å². The number of morpholine rings is 1. The van der Waals surface area contributed by atoms with E-state index in [0.717, 1.165) is 62.6 Å². The van der Waals surface area contributed by atoms with Gasteiger partial charge in [0.05, 0.1) is 32.8 Å². The molecule has 8 heteroatoms. The maximum atomic E-state index is 14.0. The first-order valence-corrected chi connectivity index (χ1v) is 16.0. The maximum Gasteiger partial charge on any atom is 0.303 e. The number of likely N-dealkylation sites (tertiary alicyclic amines) is 1. The normalized spacial score (nSPS) is 47.2. The standard InChI is InChI=1S/C32H53N2O5.BrH/c1-5-12-33(13-6-7-14-33)27-20-26-24-9-8-23-19-29(36)28(34(37)15-17-38-18-16-34)21-32(23,4)25(24)10-11-31(26,3)30(27)39-22(2)35;/h5,23-30,36H,1,6-21H2,2-4H3;1H/q+1;/p-1/t23-,24+,25-,26-,27-,28-,29-,30-,31-,32-;/m1./s1. The minimum Gasteiger partial charge on any atom is -1.00 e. The van der Waals surface area contributed by atoms with Crippen LogP contribution >= 0.6 is 0 Å². The fourth-order valence-electron chi connectivity index (χ4n) is 11.5. The molecule has 0 spiro atoms. The monoisotopic (exact) mass is 624 g/mol. The number of quaternary nitrogens is 2. The van der Waals surface area contributed by atoms with Gasteiger partial charge in [-0.2, -0.15) is 0 Å². The number of hydrogen-bond donors (Lipinski definition) is 1. The van der Waals surface area contributed by atoms with Crippen molar-refractivity contribution in [2.75, 3.05) is 45.9 Å². The van der Waals surface area contributed by atoms with Gasteiger partial charge in [0.1, 0.15) is 31.3 Å². The van der Waals surface area contributed by atoms with Crippen LogP contribution in [0.15, 0.2) is 12.7 Å². The average molecular weight is 626 g/mol. The minimum absolute atomic E-state index is 0. The van der Waals surface area contributed by atoms with E-state index in [2.05, 4.69) is 26.5 Å². The Labute approximate surface area is 252 Å². The largest absolute Gasteiger partial charge is 1.00 e. The third-order valence-corrected chi connectivity index (χ3v) is 13.4. The van der Waals surface area contributed by atoms with Gasteiger partial charge in [-0.25, -0.2) is 0 Å². The van der Waals surface area contributed by atoms with E-state index in [0.29, 0.717) is 56.0 Å². The number of aliphatic hydroxyl groups is 1. The first-order valence-electron chi connectivity index (χ1n) is 16.0. The fourth-order valence-corrected chi connectivity index (χ4v) is 11.5. The van der Waals surface area contributed by atoms with Crippen LogP contribution < -0.4 is 17.0 Å². The molecule has 0 aromatic carbocycles. The molecule has 6 fully saturated rings. The van der Waals surface area contributed by atoms with E-state index in [9.17, 15) is 15.1 Å². The number of ether oxygens (including phenoxy) is 2. The molecular formula is C32H53BrN2O5. The molecule has 0 aromatic heterocycles. The van der Waals surface area contributed by atoms with Crippen molar-refractivity contribution in [2.45, 2.75) is 103 Å². The molecule has 4 aliphatic carbocycles. The lowest BCUT2D eigenvalue weighted by Crippen LogP contribution is -3.00. The summed E-state index contributed by atoms with van der Waals surface area (Å²) in [4.78, 5) is 12.5. The quantitative estimate of drug-likeness (QED) is 0.217. The molecule has 0 bridgehead atoms. The second-order valence-corrected chi connectivity index (χ2v) is 15.0. The summed E-state index contributed by atoms with van der Waals surface area (Å²) < 4.78 is 12.6. The highest BCUT2D eigenvalue weighted by Crippen LogP contribution is 2.68. The van der Waals surface area contributed by atoms with E-state index in [4.69, 9.17) is 9.47 Å². The molecule has 6 aliphatic rings. The van der Waals surface area contributed by atoms with Crippen LogP contribution in [-0.2, 0) is 14.3 Å². The zero-order chi connectivity index (χ0) is 27.6. The van der Waals surface area contributed by atoms with Crippen molar-refractivity contribution in [2.24, 2.45) is 34.5 Å². The molecule has 7 nitrogen and oxygen atoms in total. The van der Waals surface area contributed by atoms with Gasteiger partial charge in [0.25, 0.3) is 0 Å². The number of esters is 1. The molecule has 40 heavy (non-hydrogen) atoms. The second kappa shape index (κ2) is 11.2. The van der Waals surface area contributed by atoms with Gasteiger partial charge in [-0.15, -0.1) is 0 Å². The average Bonchev–Trinajstić information content (AvgIpc) is 3.48. The summed E-state index contributed by atoms with van der Waals surface area (Å²) in [6.45, 7) is 15.9. The first-order chi connectivity index (χ1) is 18.6. The molecule has 4 saturated carbocycles. The lowest BCUT2D eigenvalue weighted by Gasteiger charge is -2.64. The third kappa shape index (κ3) is 4.75. The number of hydroxylamine groups is 3. The van der Waals surface area contributed by atoms with Crippen LogP contribution in [0, 0.1) is 39.7 Å². The molecule has 10 atom stereocenters. The smallest absolute Gasteiger partial charge is 0.303 e. The van der Waals surface area contributed by atoms with Crippen molar-refractivity contribution < 1.29 is 45.5 Å². The molecule has 0 radical (unpaired) electrons. The molecule has 2 heterocycles. The van der Waals surface area contributed by atoms with Crippen LogP contribution in [0.5, 0.6) is 0 Å². The summed E-state index contributed by atoms with van der Waals surface area (Å²) in [5.41, 5.74) is 0.0813. The number of hydrogen-bond acceptors (Lipinski definition) is 5. The molecule has 2 aliphatic heterocycles. The van der Waals surface area contributed by atoms with E-state index in [1.54, 1.807) is 6.92 Å². The highest BCUT2D eigenvalue weighted by Gasteiger charge is 2.68. The molecule has 1 N–H and O–H groups in total. The van der Waals surface area contributed by atoms with Gasteiger partial charge in [0, 0.05) is 38.0 Å². The number of carbonyl (C=O) groups is 1. The SMILES string of the molecule is C=CC[N+]1([C@@H]2C[C@@H]3[C@H]4CC[C@@H]5C[C@@H](O)[C@H]([N+]6([O-])CCOCC6)C[C@@]5(C)[C@@H]4CC[C@@]3(C)[C@@H]2OC(C)=O)CCCC1.[Br-]. The number of nitrogens with zero attached hydrogens (tertiary/aromatic N) is 2. The first kappa shape index (κ1) is 30.9. The van der Waals surface area contributed by atoms with E-state index in [1.165, 1.54) is 19.3 Å². The summed E-state index contributed by atoms with van der Waals surface area (Å²) in [7, 11) is 0. The Balaban J connectivity index is 0.00000323. The van der Waals surface area contributed by atoms with Crippen LogP contribution in [0.1, 0.15) is 78.6 Å². The van der Waals surface area contributed by atoms with Crippen LogP contribution in [0.2, 0.25) is 0 Å². The van der Waals surface area contributed by atoms with Crippen molar-refractivity contribution >= 4 is 5.97 Å². The molecule has 2 saturated heterocycles. The van der Waals surface area contributed by atoms with Crippen LogP contribution in [-0.4, -0.2) is 90.4 Å². The number of fused-ring (bicyclic) bond motifs is 5. The third-order valence-electron chi connectivity index (χ3n) is 13.4. The zero-order valence-electron chi connectivity index (χ0n) is 25.1. The molecule has 228 valence electrons. The van der Waals surface area contributed by atoms with Gasteiger partial charge < -0.3 is 45.9 Å². The van der Waals surface area contributed by atoms with Crippen molar-refractivity contribution in [3.63, 3.8) is 0 Å². The minimum atomic E-state index is -0.508. The van der Waals surface area contributed by atoms with Crippen LogP contribution in [0.4, 0.5) is 0 Å². The van der Waals surface area contributed by atoms with Gasteiger partial charge in [0.2, 0.25) is 0 Å². The van der Waals surface area contributed by atoms with Crippen molar-refractivity contribution in [1.29, 1.82) is 0 Å². The number of rotatable bonds is 5. The van der Waals surface area contributed by atoms with Gasteiger partial charge in [-0.1, -0.05) is 20.4 Å². The fraction of sp³-hybridized carbons (Fsp3) is 0.906. The Kier molecular flexibility index (Phi) is 8.66. The lowest BCUT2D eigenvalue weighted by molar-refractivity contribution is -0.937. The number of halogens is 1. The molecule has 6 rings (SSSR count). The Bertz CT molecular complexity index is 952. The Hall–Kier alpha value is -0.510. The van der Waals surface area contributed by atoms with Crippen molar-refractivity contribution in [3.05, 3.63) is 17.9 Å².